The summed E-state index contributed by atoms with van der Waals surface area (Å²) in [5, 5.41) is 3.34. The van der Waals surface area contributed by atoms with Crippen LogP contribution in [0.25, 0.3) is 0 Å². The third-order valence-corrected chi connectivity index (χ3v) is 4.47. The Labute approximate surface area is 108 Å². The average molecular weight is 269 g/mol. The number of piperidine rings is 1. The summed E-state index contributed by atoms with van der Waals surface area (Å²) in [5.74, 6) is 0.815. The lowest BCUT2D eigenvalue weighted by molar-refractivity contribution is 0.401. The van der Waals surface area contributed by atoms with Crippen molar-refractivity contribution >= 4 is 9.84 Å². The maximum Gasteiger partial charge on any atom is 0.179 e. The van der Waals surface area contributed by atoms with Crippen LogP contribution in [0.15, 0.2) is 23.1 Å². The van der Waals surface area contributed by atoms with Gasteiger partial charge >= 0.3 is 0 Å². The highest BCUT2D eigenvalue weighted by Gasteiger charge is 2.20. The van der Waals surface area contributed by atoms with E-state index in [2.05, 4.69) is 5.32 Å². The van der Waals surface area contributed by atoms with Crippen LogP contribution in [0.2, 0.25) is 0 Å². The molecular weight excluding hydrogens is 250 g/mol. The summed E-state index contributed by atoms with van der Waals surface area (Å²) in [6.45, 7) is 1.96. The molecule has 0 aromatic heterocycles. The van der Waals surface area contributed by atoms with Crippen molar-refractivity contribution in [2.24, 2.45) is 0 Å². The van der Waals surface area contributed by atoms with Gasteiger partial charge in [0, 0.05) is 12.8 Å². The summed E-state index contributed by atoms with van der Waals surface area (Å²) >= 11 is 0. The van der Waals surface area contributed by atoms with E-state index in [1.165, 1.54) is 13.4 Å². The molecule has 100 valence electrons. The minimum absolute atomic E-state index is 0.285. The number of hydrogen-bond acceptors (Lipinski definition) is 4. The number of rotatable bonds is 3. The monoisotopic (exact) mass is 269 g/mol. The van der Waals surface area contributed by atoms with E-state index in [0.29, 0.717) is 11.7 Å². The highest BCUT2D eigenvalue weighted by molar-refractivity contribution is 7.90. The Hall–Kier alpha value is -1.07. The molecule has 1 aromatic rings. The molecule has 1 unspecified atom stereocenters. The highest BCUT2D eigenvalue weighted by Crippen LogP contribution is 2.30. The van der Waals surface area contributed by atoms with E-state index in [1.807, 2.05) is 6.07 Å². The molecule has 0 spiro atoms. The predicted molar refractivity (Wildman–Crippen MR) is 70.9 cm³/mol. The number of hydrogen-bond donors (Lipinski definition) is 1. The standard InChI is InChI=1S/C13H19NO3S/c1-17-12-6-5-10(8-13(12)18(2,15)16)11-4-3-7-14-9-11/h5-6,8,11,14H,3-4,7,9H2,1-2H3. The van der Waals surface area contributed by atoms with Crippen LogP contribution in [0.5, 0.6) is 5.75 Å². The number of ether oxygens (including phenoxy) is 1. The molecule has 1 heterocycles. The molecule has 0 amide bonds. The van der Waals surface area contributed by atoms with Crippen LogP contribution in [0.4, 0.5) is 0 Å². The Balaban J connectivity index is 2.39. The van der Waals surface area contributed by atoms with Crippen LogP contribution in [0, 0.1) is 0 Å². The fourth-order valence-corrected chi connectivity index (χ4v) is 3.24. The fourth-order valence-electron chi connectivity index (χ4n) is 2.37. The molecule has 4 nitrogen and oxygen atoms in total. The average Bonchev–Trinajstić information content (AvgIpc) is 2.38. The van der Waals surface area contributed by atoms with Gasteiger partial charge in [0.05, 0.1) is 7.11 Å². The van der Waals surface area contributed by atoms with Crippen molar-refractivity contribution in [3.63, 3.8) is 0 Å². The topological polar surface area (TPSA) is 55.4 Å². The highest BCUT2D eigenvalue weighted by atomic mass is 32.2. The zero-order chi connectivity index (χ0) is 13.2. The zero-order valence-electron chi connectivity index (χ0n) is 10.8. The van der Waals surface area contributed by atoms with Gasteiger partial charge in [0.25, 0.3) is 0 Å². The first-order valence-corrected chi connectivity index (χ1v) is 8.00. The van der Waals surface area contributed by atoms with Gasteiger partial charge in [0.2, 0.25) is 0 Å². The summed E-state index contributed by atoms with van der Waals surface area (Å²) in [6, 6.07) is 5.47. The summed E-state index contributed by atoms with van der Waals surface area (Å²) in [4.78, 5) is 0.285. The molecule has 1 saturated heterocycles. The second-order valence-corrected chi connectivity index (χ2v) is 6.71. The lowest BCUT2D eigenvalue weighted by Gasteiger charge is -2.23. The Morgan fingerprint density at radius 1 is 1.39 bits per heavy atom. The lowest BCUT2D eigenvalue weighted by Crippen LogP contribution is -2.28. The van der Waals surface area contributed by atoms with E-state index in [1.54, 1.807) is 12.1 Å². The molecule has 0 bridgehead atoms. The molecule has 1 aromatic carbocycles. The van der Waals surface area contributed by atoms with Gasteiger partial charge in [-0.25, -0.2) is 8.42 Å². The van der Waals surface area contributed by atoms with Gasteiger partial charge in [-0.2, -0.15) is 0 Å². The molecule has 1 fully saturated rings. The van der Waals surface area contributed by atoms with Crippen LogP contribution >= 0.6 is 0 Å². The molecule has 18 heavy (non-hydrogen) atoms. The fraction of sp³-hybridized carbons (Fsp3) is 0.538. The van der Waals surface area contributed by atoms with E-state index < -0.39 is 9.84 Å². The second-order valence-electron chi connectivity index (χ2n) is 4.73. The predicted octanol–water partition coefficient (Wildman–Crippen LogP) is 1.57. The van der Waals surface area contributed by atoms with Crippen molar-refractivity contribution in [2.45, 2.75) is 23.7 Å². The van der Waals surface area contributed by atoms with Gasteiger partial charge in [0.15, 0.2) is 9.84 Å². The largest absolute Gasteiger partial charge is 0.495 e. The molecule has 0 saturated carbocycles. The number of sulfone groups is 1. The van der Waals surface area contributed by atoms with Crippen LogP contribution in [0.3, 0.4) is 0 Å². The third kappa shape index (κ3) is 2.84. The van der Waals surface area contributed by atoms with Gasteiger partial charge < -0.3 is 10.1 Å². The van der Waals surface area contributed by atoms with E-state index >= 15 is 0 Å². The van der Waals surface area contributed by atoms with E-state index in [0.717, 1.165) is 31.5 Å². The first-order valence-electron chi connectivity index (χ1n) is 6.11. The summed E-state index contributed by atoms with van der Waals surface area (Å²) in [6.07, 6.45) is 3.45. The second kappa shape index (κ2) is 5.28. The van der Waals surface area contributed by atoms with Crippen molar-refractivity contribution in [3.05, 3.63) is 23.8 Å². The van der Waals surface area contributed by atoms with E-state index in [9.17, 15) is 8.42 Å². The van der Waals surface area contributed by atoms with E-state index in [4.69, 9.17) is 4.74 Å². The Morgan fingerprint density at radius 2 is 2.17 bits per heavy atom. The Kier molecular flexibility index (Phi) is 3.92. The van der Waals surface area contributed by atoms with Gasteiger partial charge in [-0.3, -0.25) is 0 Å². The van der Waals surface area contributed by atoms with Gasteiger partial charge in [-0.15, -0.1) is 0 Å². The Bertz CT molecular complexity index is 519. The summed E-state index contributed by atoms with van der Waals surface area (Å²) in [5.41, 5.74) is 1.07. The minimum atomic E-state index is -3.25. The molecule has 1 aliphatic heterocycles. The van der Waals surface area contributed by atoms with Crippen molar-refractivity contribution < 1.29 is 13.2 Å². The molecule has 0 aliphatic carbocycles. The maximum atomic E-state index is 11.8. The smallest absolute Gasteiger partial charge is 0.179 e. The summed E-state index contributed by atoms with van der Waals surface area (Å²) < 4.78 is 28.6. The van der Waals surface area contributed by atoms with Crippen LogP contribution < -0.4 is 10.1 Å². The maximum absolute atomic E-state index is 11.8. The molecule has 2 rings (SSSR count). The van der Waals surface area contributed by atoms with Gasteiger partial charge in [0.1, 0.15) is 10.6 Å². The lowest BCUT2D eigenvalue weighted by atomic mass is 9.92. The summed E-state index contributed by atoms with van der Waals surface area (Å²) in [7, 11) is -1.76. The van der Waals surface area contributed by atoms with Gasteiger partial charge in [-0.05, 0) is 43.0 Å². The van der Waals surface area contributed by atoms with E-state index in [-0.39, 0.29) is 4.90 Å². The third-order valence-electron chi connectivity index (χ3n) is 3.36. The van der Waals surface area contributed by atoms with Crippen molar-refractivity contribution in [1.29, 1.82) is 0 Å². The van der Waals surface area contributed by atoms with Crippen LogP contribution in [-0.2, 0) is 9.84 Å². The van der Waals surface area contributed by atoms with Crippen LogP contribution in [-0.4, -0.2) is 34.9 Å². The van der Waals surface area contributed by atoms with Crippen molar-refractivity contribution in [2.75, 3.05) is 26.5 Å². The molecular formula is C13H19NO3S. The number of benzene rings is 1. The number of nitrogens with one attached hydrogen (secondary N) is 1. The number of methoxy groups -OCH3 is 1. The first kappa shape index (κ1) is 13.4. The normalized spacial score (nSPS) is 20.7. The molecule has 0 radical (unpaired) electrons. The Morgan fingerprint density at radius 3 is 2.72 bits per heavy atom. The van der Waals surface area contributed by atoms with Crippen molar-refractivity contribution in [3.8, 4) is 5.75 Å². The molecule has 1 aliphatic rings. The minimum Gasteiger partial charge on any atom is -0.495 e. The first-order chi connectivity index (χ1) is 8.52. The quantitative estimate of drug-likeness (QED) is 0.905. The SMILES string of the molecule is COc1ccc(C2CCCNC2)cc1S(C)(=O)=O. The molecule has 5 heteroatoms. The van der Waals surface area contributed by atoms with Crippen molar-refractivity contribution in [1.82, 2.24) is 5.32 Å². The van der Waals surface area contributed by atoms with Gasteiger partial charge in [-0.1, -0.05) is 6.07 Å². The van der Waals surface area contributed by atoms with Crippen LogP contribution in [0.1, 0.15) is 24.3 Å². The molecule has 1 N–H and O–H groups in total. The molecule has 1 atom stereocenters. The zero-order valence-corrected chi connectivity index (χ0v) is 11.6.